The third-order valence-corrected chi connectivity index (χ3v) is 5.09. The van der Waals surface area contributed by atoms with Gasteiger partial charge < -0.3 is 19.5 Å². The van der Waals surface area contributed by atoms with Crippen LogP contribution in [0.5, 0.6) is 0 Å². The number of likely N-dealkylation sites (tertiary alicyclic amines) is 1. The average molecular weight is 320 g/mol. The lowest BCUT2D eigenvalue weighted by Gasteiger charge is -2.32. The first-order chi connectivity index (χ1) is 10.9. The maximum atomic E-state index is 12.3. The number of urea groups is 1. The molecule has 0 spiro atoms. The van der Waals surface area contributed by atoms with Gasteiger partial charge in [-0.15, -0.1) is 0 Å². The van der Waals surface area contributed by atoms with Crippen molar-refractivity contribution in [3.05, 3.63) is 18.2 Å². The molecule has 0 aliphatic carbocycles. The number of carbonyl (C=O) groups is 1. The number of nitrogens with zero attached hydrogens (tertiary/aromatic N) is 3. The quantitative estimate of drug-likeness (QED) is 0.929. The number of amides is 2. The number of hydrogen-bond acceptors (Lipinski definition) is 3. The topological polar surface area (TPSA) is 59.4 Å². The molecule has 6 nitrogen and oxygen atoms in total. The summed E-state index contributed by atoms with van der Waals surface area (Å²) < 4.78 is 8.01. The number of imidazole rings is 1. The summed E-state index contributed by atoms with van der Waals surface area (Å²) >= 11 is 0. The van der Waals surface area contributed by atoms with E-state index in [0.29, 0.717) is 12.5 Å². The molecule has 1 aromatic heterocycles. The summed E-state index contributed by atoms with van der Waals surface area (Å²) in [7, 11) is 2.03. The fourth-order valence-electron chi connectivity index (χ4n) is 3.67. The molecule has 1 aromatic rings. The van der Waals surface area contributed by atoms with Crippen molar-refractivity contribution in [2.75, 3.05) is 19.6 Å². The molecular weight excluding hydrogens is 292 g/mol. The smallest absolute Gasteiger partial charge is 0.317 e. The Morgan fingerprint density at radius 2 is 2.13 bits per heavy atom. The van der Waals surface area contributed by atoms with Crippen LogP contribution in [0.1, 0.15) is 51.1 Å². The highest BCUT2D eigenvalue weighted by molar-refractivity contribution is 5.74. The zero-order valence-electron chi connectivity index (χ0n) is 14.4. The van der Waals surface area contributed by atoms with Gasteiger partial charge in [-0.3, -0.25) is 0 Å². The highest BCUT2D eigenvalue weighted by atomic mass is 16.5. The lowest BCUT2D eigenvalue weighted by atomic mass is 9.94. The van der Waals surface area contributed by atoms with Crippen LogP contribution in [0.2, 0.25) is 0 Å². The lowest BCUT2D eigenvalue weighted by Crippen LogP contribution is -2.46. The standard InChI is InChI=1S/C17H28N4O2/c1-17(2)7-4-14(23-17)10-19-16(22)21-8-5-13(6-9-21)15-11-18-12-20(15)3/h11-14H,4-10H2,1-3H3,(H,19,22). The molecule has 1 unspecified atom stereocenters. The summed E-state index contributed by atoms with van der Waals surface area (Å²) in [5.74, 6) is 0.505. The number of aryl methyl sites for hydroxylation is 1. The molecule has 0 saturated carbocycles. The second kappa shape index (κ2) is 6.51. The molecule has 0 aromatic carbocycles. The number of carbonyl (C=O) groups excluding carboxylic acids is 1. The minimum absolute atomic E-state index is 0.0433. The molecule has 1 N–H and O–H groups in total. The molecule has 2 fully saturated rings. The molecule has 3 rings (SSSR count). The summed E-state index contributed by atoms with van der Waals surface area (Å²) in [5.41, 5.74) is 1.23. The monoisotopic (exact) mass is 320 g/mol. The van der Waals surface area contributed by atoms with Crippen LogP contribution in [0.25, 0.3) is 0 Å². The molecule has 3 heterocycles. The zero-order chi connectivity index (χ0) is 16.4. The van der Waals surface area contributed by atoms with E-state index in [1.807, 2.05) is 24.5 Å². The Kier molecular flexibility index (Phi) is 4.62. The van der Waals surface area contributed by atoms with Crippen LogP contribution >= 0.6 is 0 Å². The summed E-state index contributed by atoms with van der Waals surface area (Å²) in [6.45, 7) is 6.44. The van der Waals surface area contributed by atoms with Gasteiger partial charge in [0.1, 0.15) is 0 Å². The van der Waals surface area contributed by atoms with Gasteiger partial charge >= 0.3 is 6.03 Å². The fourth-order valence-corrected chi connectivity index (χ4v) is 3.67. The number of nitrogens with one attached hydrogen (secondary N) is 1. The highest BCUT2D eigenvalue weighted by Crippen LogP contribution is 2.29. The molecule has 0 radical (unpaired) electrons. The molecule has 2 amide bonds. The number of hydrogen-bond donors (Lipinski definition) is 1. The molecular formula is C17H28N4O2. The van der Waals surface area contributed by atoms with Gasteiger partial charge in [-0.25, -0.2) is 9.78 Å². The van der Waals surface area contributed by atoms with E-state index in [2.05, 4.69) is 28.7 Å². The van der Waals surface area contributed by atoms with Crippen LogP contribution in [0.15, 0.2) is 12.5 Å². The van der Waals surface area contributed by atoms with Gasteiger partial charge in [-0.05, 0) is 39.5 Å². The zero-order valence-corrected chi connectivity index (χ0v) is 14.4. The fraction of sp³-hybridized carbons (Fsp3) is 0.765. The Morgan fingerprint density at radius 1 is 1.39 bits per heavy atom. The van der Waals surface area contributed by atoms with Gasteiger partial charge in [0.25, 0.3) is 0 Å². The lowest BCUT2D eigenvalue weighted by molar-refractivity contribution is -0.0136. The maximum absolute atomic E-state index is 12.3. The van der Waals surface area contributed by atoms with Gasteiger partial charge in [0, 0.05) is 44.5 Å². The van der Waals surface area contributed by atoms with Crippen molar-refractivity contribution in [3.8, 4) is 0 Å². The average Bonchev–Trinajstić information content (AvgIpc) is 3.10. The molecule has 6 heteroatoms. The molecule has 1 atom stereocenters. The molecule has 23 heavy (non-hydrogen) atoms. The Balaban J connectivity index is 1.43. The van der Waals surface area contributed by atoms with Crippen LogP contribution < -0.4 is 5.32 Å². The maximum Gasteiger partial charge on any atom is 0.317 e. The van der Waals surface area contributed by atoms with E-state index in [9.17, 15) is 4.79 Å². The first-order valence-corrected chi connectivity index (χ1v) is 8.61. The van der Waals surface area contributed by atoms with Crippen molar-refractivity contribution in [1.29, 1.82) is 0 Å². The first-order valence-electron chi connectivity index (χ1n) is 8.61. The van der Waals surface area contributed by atoms with Crippen molar-refractivity contribution in [3.63, 3.8) is 0 Å². The third-order valence-electron chi connectivity index (χ3n) is 5.09. The Hall–Kier alpha value is -1.56. The van der Waals surface area contributed by atoms with E-state index >= 15 is 0 Å². The van der Waals surface area contributed by atoms with E-state index in [0.717, 1.165) is 38.8 Å². The van der Waals surface area contributed by atoms with E-state index in [4.69, 9.17) is 4.74 Å². The van der Waals surface area contributed by atoms with Crippen LogP contribution in [0, 0.1) is 0 Å². The summed E-state index contributed by atoms with van der Waals surface area (Å²) in [5, 5.41) is 3.04. The van der Waals surface area contributed by atoms with Gasteiger partial charge in [0.15, 0.2) is 0 Å². The molecule has 2 aliphatic heterocycles. The second-order valence-electron chi connectivity index (χ2n) is 7.42. The Morgan fingerprint density at radius 3 is 2.70 bits per heavy atom. The minimum atomic E-state index is -0.0448. The largest absolute Gasteiger partial charge is 0.371 e. The molecule has 128 valence electrons. The van der Waals surface area contributed by atoms with E-state index in [-0.39, 0.29) is 17.7 Å². The number of rotatable bonds is 3. The van der Waals surface area contributed by atoms with E-state index in [1.54, 1.807) is 0 Å². The number of aromatic nitrogens is 2. The molecule has 2 saturated heterocycles. The van der Waals surface area contributed by atoms with Crippen molar-refractivity contribution in [2.45, 2.75) is 57.2 Å². The SMILES string of the molecule is Cn1cncc1C1CCN(C(=O)NCC2CCC(C)(C)O2)CC1. The van der Waals surface area contributed by atoms with Gasteiger partial charge in [-0.1, -0.05) is 0 Å². The predicted molar refractivity (Wildman–Crippen MR) is 88.3 cm³/mol. The van der Waals surface area contributed by atoms with Gasteiger partial charge in [0.2, 0.25) is 0 Å². The third kappa shape index (κ3) is 3.86. The molecule has 2 aliphatic rings. The van der Waals surface area contributed by atoms with E-state index < -0.39 is 0 Å². The van der Waals surface area contributed by atoms with E-state index in [1.165, 1.54) is 5.69 Å². The summed E-state index contributed by atoms with van der Waals surface area (Å²) in [6.07, 6.45) is 8.03. The normalized spacial score (nSPS) is 24.8. The summed E-state index contributed by atoms with van der Waals surface area (Å²) in [6, 6.07) is 0.0433. The predicted octanol–water partition coefficient (Wildman–Crippen LogP) is 2.27. The summed E-state index contributed by atoms with van der Waals surface area (Å²) in [4.78, 5) is 18.4. The van der Waals surface area contributed by atoms with Crippen molar-refractivity contribution >= 4 is 6.03 Å². The second-order valence-corrected chi connectivity index (χ2v) is 7.42. The van der Waals surface area contributed by atoms with Crippen molar-refractivity contribution < 1.29 is 9.53 Å². The first kappa shape index (κ1) is 16.3. The van der Waals surface area contributed by atoms with Crippen LogP contribution in [-0.2, 0) is 11.8 Å². The van der Waals surface area contributed by atoms with Gasteiger partial charge in [0.05, 0.1) is 18.0 Å². The van der Waals surface area contributed by atoms with Crippen LogP contribution in [0.4, 0.5) is 4.79 Å². The Labute approximate surface area is 138 Å². The highest BCUT2D eigenvalue weighted by Gasteiger charge is 2.32. The number of piperidine rings is 1. The number of ether oxygens (including phenoxy) is 1. The van der Waals surface area contributed by atoms with Crippen molar-refractivity contribution in [1.82, 2.24) is 19.8 Å². The minimum Gasteiger partial charge on any atom is -0.371 e. The Bertz CT molecular complexity index is 547. The van der Waals surface area contributed by atoms with Crippen LogP contribution in [0.3, 0.4) is 0 Å². The van der Waals surface area contributed by atoms with Gasteiger partial charge in [-0.2, -0.15) is 0 Å². The van der Waals surface area contributed by atoms with Crippen molar-refractivity contribution in [2.24, 2.45) is 7.05 Å². The van der Waals surface area contributed by atoms with Crippen LogP contribution in [-0.4, -0.2) is 51.8 Å². The molecule has 0 bridgehead atoms.